The van der Waals surface area contributed by atoms with E-state index in [0.717, 1.165) is 29.9 Å². The summed E-state index contributed by atoms with van der Waals surface area (Å²) < 4.78 is 0. The molecule has 0 aromatic heterocycles. The number of hydrogen-bond donors (Lipinski definition) is 2. The van der Waals surface area contributed by atoms with E-state index in [2.05, 4.69) is 20.5 Å². The summed E-state index contributed by atoms with van der Waals surface area (Å²) in [5.41, 5.74) is 4.81. The highest BCUT2D eigenvalue weighted by molar-refractivity contribution is 6.18. The fraction of sp³-hybridized carbons (Fsp3) is 0.348. The van der Waals surface area contributed by atoms with E-state index >= 15 is 0 Å². The number of anilines is 1. The van der Waals surface area contributed by atoms with Crippen molar-refractivity contribution < 1.29 is 9.59 Å². The van der Waals surface area contributed by atoms with Crippen molar-refractivity contribution in [3.8, 4) is 0 Å². The van der Waals surface area contributed by atoms with E-state index in [1.54, 1.807) is 18.2 Å². The molecule has 29 heavy (non-hydrogen) atoms. The summed E-state index contributed by atoms with van der Waals surface area (Å²) in [4.78, 5) is 31.7. The maximum atomic E-state index is 12.6. The van der Waals surface area contributed by atoms with Crippen molar-refractivity contribution in [3.63, 3.8) is 0 Å². The number of fused-ring (bicyclic) bond motifs is 1. The van der Waals surface area contributed by atoms with Gasteiger partial charge in [-0.1, -0.05) is 19.1 Å². The molecule has 1 atom stereocenters. The van der Waals surface area contributed by atoms with Crippen LogP contribution in [-0.4, -0.2) is 43.1 Å². The molecule has 0 spiro atoms. The zero-order chi connectivity index (χ0) is 21.0. The van der Waals surface area contributed by atoms with Crippen molar-refractivity contribution in [3.05, 3.63) is 59.2 Å². The number of hydrogen-bond acceptors (Lipinski definition) is 4. The number of rotatable bonds is 7. The Kier molecular flexibility index (Phi) is 6.44. The summed E-state index contributed by atoms with van der Waals surface area (Å²) in [5.74, 6) is -0.735. The second-order valence-corrected chi connectivity index (χ2v) is 7.64. The van der Waals surface area contributed by atoms with Gasteiger partial charge in [-0.15, -0.1) is 0 Å². The molecule has 0 saturated carbocycles. The maximum absolute atomic E-state index is 12.6. The first kappa shape index (κ1) is 20.7. The van der Waals surface area contributed by atoms with Crippen LogP contribution in [0.25, 0.3) is 0 Å². The fourth-order valence-corrected chi connectivity index (χ4v) is 3.47. The standard InChI is InChI=1S/C23H28N4O2/c1-5-12-24-22(28)17-8-11-20-19(13-17)21(23(29)26-20)15(2)25-18-9-6-16(7-10-18)14-27(3)4/h6-11,13,21H,5,12,14H2,1-4H3,(H,24,28)(H,26,29). The van der Waals surface area contributed by atoms with Gasteiger partial charge >= 0.3 is 0 Å². The van der Waals surface area contributed by atoms with Crippen LogP contribution in [0.2, 0.25) is 0 Å². The van der Waals surface area contributed by atoms with E-state index in [0.29, 0.717) is 17.8 Å². The molecule has 6 heteroatoms. The molecular formula is C23H28N4O2. The third-order valence-electron chi connectivity index (χ3n) is 4.84. The fourth-order valence-electron chi connectivity index (χ4n) is 3.47. The Balaban J connectivity index is 1.84. The van der Waals surface area contributed by atoms with Crippen LogP contribution in [-0.2, 0) is 11.3 Å². The van der Waals surface area contributed by atoms with Crippen LogP contribution in [0.1, 0.15) is 47.7 Å². The molecule has 2 N–H and O–H groups in total. The first-order valence-electron chi connectivity index (χ1n) is 9.91. The molecule has 2 aromatic rings. The number of aliphatic imine (C=N–C) groups is 1. The third-order valence-corrected chi connectivity index (χ3v) is 4.84. The topological polar surface area (TPSA) is 73.8 Å². The number of nitrogens with one attached hydrogen (secondary N) is 2. The molecule has 1 aliphatic rings. The van der Waals surface area contributed by atoms with Crippen molar-refractivity contribution in [1.82, 2.24) is 10.2 Å². The Bertz CT molecular complexity index is 932. The molecule has 0 bridgehead atoms. The predicted molar refractivity (Wildman–Crippen MR) is 117 cm³/mol. The summed E-state index contributed by atoms with van der Waals surface area (Å²) in [6.45, 7) is 5.36. The molecule has 1 aliphatic heterocycles. The van der Waals surface area contributed by atoms with Gasteiger partial charge in [0.15, 0.2) is 0 Å². The highest BCUT2D eigenvalue weighted by Gasteiger charge is 2.33. The Morgan fingerprint density at radius 2 is 1.90 bits per heavy atom. The SMILES string of the molecule is CCCNC(=O)c1ccc2c(c1)C(C(C)=Nc1ccc(CN(C)C)cc1)C(=O)N2. The van der Waals surface area contributed by atoms with Gasteiger partial charge in [0, 0.05) is 30.1 Å². The van der Waals surface area contributed by atoms with Crippen molar-refractivity contribution >= 4 is 28.9 Å². The lowest BCUT2D eigenvalue weighted by Gasteiger charge is -2.11. The van der Waals surface area contributed by atoms with E-state index in [-0.39, 0.29) is 11.8 Å². The lowest BCUT2D eigenvalue weighted by Crippen LogP contribution is -2.24. The van der Waals surface area contributed by atoms with Gasteiger partial charge < -0.3 is 15.5 Å². The highest BCUT2D eigenvalue weighted by atomic mass is 16.2. The molecule has 2 amide bonds. The van der Waals surface area contributed by atoms with Gasteiger partial charge in [-0.3, -0.25) is 14.6 Å². The zero-order valence-corrected chi connectivity index (χ0v) is 17.5. The number of nitrogens with zero attached hydrogens (tertiary/aromatic N) is 2. The Morgan fingerprint density at radius 1 is 1.17 bits per heavy atom. The molecule has 2 aromatic carbocycles. The normalized spacial score (nSPS) is 16.0. The minimum atomic E-state index is -0.495. The monoisotopic (exact) mass is 392 g/mol. The van der Waals surface area contributed by atoms with E-state index in [1.165, 1.54) is 5.56 Å². The lowest BCUT2D eigenvalue weighted by atomic mass is 9.94. The lowest BCUT2D eigenvalue weighted by molar-refractivity contribution is -0.115. The van der Waals surface area contributed by atoms with Gasteiger partial charge in [-0.2, -0.15) is 0 Å². The van der Waals surface area contributed by atoms with Gasteiger partial charge in [0.1, 0.15) is 5.92 Å². The van der Waals surface area contributed by atoms with Gasteiger partial charge in [0.05, 0.1) is 5.69 Å². The van der Waals surface area contributed by atoms with Crippen molar-refractivity contribution in [2.75, 3.05) is 26.0 Å². The molecule has 0 fully saturated rings. The van der Waals surface area contributed by atoms with Crippen LogP contribution >= 0.6 is 0 Å². The van der Waals surface area contributed by atoms with Gasteiger partial charge in [0.25, 0.3) is 5.91 Å². The van der Waals surface area contributed by atoms with Gasteiger partial charge in [-0.05, 0) is 68.9 Å². The molecule has 0 aliphatic carbocycles. The van der Waals surface area contributed by atoms with Crippen LogP contribution in [0, 0.1) is 0 Å². The first-order valence-corrected chi connectivity index (χ1v) is 9.91. The second-order valence-electron chi connectivity index (χ2n) is 7.64. The third kappa shape index (κ3) is 4.90. The Hall–Kier alpha value is -2.99. The molecule has 0 saturated heterocycles. The molecule has 3 rings (SSSR count). The zero-order valence-electron chi connectivity index (χ0n) is 17.5. The molecule has 1 heterocycles. The quantitative estimate of drug-likeness (QED) is 0.706. The maximum Gasteiger partial charge on any atom is 0.251 e. The average Bonchev–Trinajstić information content (AvgIpc) is 3.02. The van der Waals surface area contributed by atoms with Crippen molar-refractivity contribution in [1.29, 1.82) is 0 Å². The summed E-state index contributed by atoms with van der Waals surface area (Å²) in [6.07, 6.45) is 0.873. The Morgan fingerprint density at radius 3 is 2.55 bits per heavy atom. The largest absolute Gasteiger partial charge is 0.352 e. The van der Waals surface area contributed by atoms with Crippen LogP contribution in [0.5, 0.6) is 0 Å². The van der Waals surface area contributed by atoms with Crippen LogP contribution in [0.3, 0.4) is 0 Å². The highest BCUT2D eigenvalue weighted by Crippen LogP contribution is 2.35. The summed E-state index contributed by atoms with van der Waals surface area (Å²) in [7, 11) is 4.06. The van der Waals surface area contributed by atoms with Crippen molar-refractivity contribution in [2.24, 2.45) is 4.99 Å². The average molecular weight is 393 g/mol. The summed E-state index contributed by atoms with van der Waals surface area (Å²) >= 11 is 0. The molecule has 1 unspecified atom stereocenters. The molecule has 0 radical (unpaired) electrons. The van der Waals surface area contributed by atoms with Gasteiger partial charge in [-0.25, -0.2) is 0 Å². The predicted octanol–water partition coefficient (Wildman–Crippen LogP) is 3.72. The summed E-state index contributed by atoms with van der Waals surface area (Å²) in [6, 6.07) is 13.3. The van der Waals surface area contributed by atoms with E-state index < -0.39 is 5.92 Å². The van der Waals surface area contributed by atoms with Gasteiger partial charge in [0.2, 0.25) is 5.91 Å². The van der Waals surface area contributed by atoms with E-state index in [1.807, 2.05) is 52.2 Å². The van der Waals surface area contributed by atoms with Crippen molar-refractivity contribution in [2.45, 2.75) is 32.7 Å². The number of amides is 2. The van der Waals surface area contributed by atoms with E-state index in [9.17, 15) is 9.59 Å². The van der Waals surface area contributed by atoms with Crippen LogP contribution in [0.15, 0.2) is 47.5 Å². The first-order chi connectivity index (χ1) is 13.9. The molecule has 152 valence electrons. The minimum absolute atomic E-state index is 0.114. The molecule has 6 nitrogen and oxygen atoms in total. The minimum Gasteiger partial charge on any atom is -0.352 e. The number of carbonyl (C=O) groups excluding carboxylic acids is 2. The van der Waals surface area contributed by atoms with Crippen LogP contribution in [0.4, 0.5) is 11.4 Å². The Labute approximate surface area is 172 Å². The molecular weight excluding hydrogens is 364 g/mol. The summed E-state index contributed by atoms with van der Waals surface area (Å²) in [5, 5.41) is 5.77. The number of carbonyl (C=O) groups is 2. The number of benzene rings is 2. The van der Waals surface area contributed by atoms with Crippen LogP contribution < -0.4 is 10.6 Å². The van der Waals surface area contributed by atoms with E-state index in [4.69, 9.17) is 0 Å². The smallest absolute Gasteiger partial charge is 0.251 e. The second kappa shape index (κ2) is 9.01.